The van der Waals surface area contributed by atoms with Gasteiger partial charge in [-0.3, -0.25) is 0 Å². The molecule has 0 atom stereocenters. The van der Waals surface area contributed by atoms with Crippen molar-refractivity contribution in [3.63, 3.8) is 0 Å². The zero-order chi connectivity index (χ0) is 15.1. The Bertz CT molecular complexity index is 570. The number of benzene rings is 2. The lowest BCUT2D eigenvalue weighted by molar-refractivity contribution is 0.241. The number of hydrogen-bond acceptors (Lipinski definition) is 3. The molecule has 2 aromatic rings. The van der Waals surface area contributed by atoms with Crippen molar-refractivity contribution < 1.29 is 13.9 Å². The summed E-state index contributed by atoms with van der Waals surface area (Å²) < 4.78 is 24.7. The Hall–Kier alpha value is -2.07. The molecule has 0 aliphatic rings. The van der Waals surface area contributed by atoms with Gasteiger partial charge in [0.05, 0.1) is 13.2 Å². The fourth-order valence-corrected chi connectivity index (χ4v) is 1.88. The molecule has 112 valence electrons. The first kappa shape index (κ1) is 15.3. The molecule has 0 unspecified atom stereocenters. The lowest BCUT2D eigenvalue weighted by Crippen LogP contribution is -2.06. The summed E-state index contributed by atoms with van der Waals surface area (Å²) in [5.74, 6) is 0.798. The van der Waals surface area contributed by atoms with Crippen molar-refractivity contribution >= 4 is 0 Å². The fourth-order valence-electron chi connectivity index (χ4n) is 1.88. The first-order valence-electron chi connectivity index (χ1n) is 7.00. The van der Waals surface area contributed by atoms with Gasteiger partial charge in [-0.2, -0.15) is 0 Å². The lowest BCUT2D eigenvalue weighted by Gasteiger charge is -2.09. The van der Waals surface area contributed by atoms with Gasteiger partial charge in [0.15, 0.2) is 11.6 Å². The summed E-state index contributed by atoms with van der Waals surface area (Å²) in [6, 6.07) is 12.8. The van der Waals surface area contributed by atoms with Crippen molar-refractivity contribution in [2.45, 2.75) is 19.9 Å². The SMILES string of the molecule is Cc1cccc(OCCCOc2ccc(CN)cc2)c1F. The second-order valence-electron chi connectivity index (χ2n) is 4.79. The highest BCUT2D eigenvalue weighted by Gasteiger charge is 2.05. The number of aryl methyl sites for hydroxylation is 1. The maximum absolute atomic E-state index is 13.7. The number of nitrogens with two attached hydrogens (primary N) is 1. The van der Waals surface area contributed by atoms with Crippen LogP contribution in [0, 0.1) is 12.7 Å². The van der Waals surface area contributed by atoms with Crippen LogP contribution >= 0.6 is 0 Å². The van der Waals surface area contributed by atoms with Gasteiger partial charge in [-0.15, -0.1) is 0 Å². The normalized spacial score (nSPS) is 10.4. The molecule has 0 aromatic heterocycles. The first-order valence-corrected chi connectivity index (χ1v) is 7.00. The molecular weight excluding hydrogens is 269 g/mol. The molecule has 0 bridgehead atoms. The first-order chi connectivity index (χ1) is 10.2. The van der Waals surface area contributed by atoms with Gasteiger partial charge in [0.2, 0.25) is 0 Å². The summed E-state index contributed by atoms with van der Waals surface area (Å²) in [6.45, 7) is 3.18. The molecule has 4 heteroatoms. The van der Waals surface area contributed by atoms with E-state index in [-0.39, 0.29) is 5.82 Å². The number of halogens is 1. The largest absolute Gasteiger partial charge is 0.493 e. The molecule has 2 rings (SSSR count). The standard InChI is InChI=1S/C17H20FNO2/c1-13-4-2-5-16(17(13)18)21-11-3-10-20-15-8-6-14(12-19)7-9-15/h2,4-9H,3,10-12,19H2,1H3. The summed E-state index contributed by atoms with van der Waals surface area (Å²) in [4.78, 5) is 0. The third-order valence-electron chi connectivity index (χ3n) is 3.13. The second kappa shape index (κ2) is 7.64. The molecule has 0 saturated heterocycles. The minimum atomic E-state index is -0.296. The summed E-state index contributed by atoms with van der Waals surface area (Å²) in [5, 5.41) is 0. The lowest BCUT2D eigenvalue weighted by atomic mass is 10.2. The van der Waals surface area contributed by atoms with E-state index in [2.05, 4.69) is 0 Å². The van der Waals surface area contributed by atoms with Crippen LogP contribution in [0.4, 0.5) is 4.39 Å². The van der Waals surface area contributed by atoms with E-state index in [1.54, 1.807) is 25.1 Å². The zero-order valence-corrected chi connectivity index (χ0v) is 12.1. The molecule has 0 aliphatic carbocycles. The molecule has 0 radical (unpaired) electrons. The maximum atomic E-state index is 13.7. The molecule has 0 heterocycles. The minimum Gasteiger partial charge on any atom is -0.493 e. The highest BCUT2D eigenvalue weighted by molar-refractivity contribution is 5.30. The average Bonchev–Trinajstić information content (AvgIpc) is 2.51. The summed E-state index contributed by atoms with van der Waals surface area (Å²) in [7, 11) is 0. The van der Waals surface area contributed by atoms with Crippen molar-refractivity contribution in [1.29, 1.82) is 0 Å². The van der Waals surface area contributed by atoms with Crippen LogP contribution in [0.25, 0.3) is 0 Å². The van der Waals surface area contributed by atoms with Crippen LogP contribution in [0.2, 0.25) is 0 Å². The summed E-state index contributed by atoms with van der Waals surface area (Å²) in [5.41, 5.74) is 7.19. The Labute approximate surface area is 124 Å². The smallest absolute Gasteiger partial charge is 0.167 e. The summed E-state index contributed by atoms with van der Waals surface area (Å²) >= 11 is 0. The van der Waals surface area contributed by atoms with E-state index in [1.165, 1.54) is 0 Å². The van der Waals surface area contributed by atoms with Gasteiger partial charge in [-0.05, 0) is 36.2 Å². The number of ether oxygens (including phenoxy) is 2. The van der Waals surface area contributed by atoms with E-state index >= 15 is 0 Å². The Morgan fingerprint density at radius 2 is 1.71 bits per heavy atom. The molecule has 0 aliphatic heterocycles. The van der Waals surface area contributed by atoms with Gasteiger partial charge >= 0.3 is 0 Å². The van der Waals surface area contributed by atoms with Crippen LogP contribution < -0.4 is 15.2 Å². The van der Waals surface area contributed by atoms with Crippen LogP contribution in [0.15, 0.2) is 42.5 Å². The van der Waals surface area contributed by atoms with E-state index < -0.39 is 0 Å². The Kier molecular flexibility index (Phi) is 5.58. The molecule has 0 fully saturated rings. The van der Waals surface area contributed by atoms with E-state index in [1.807, 2.05) is 24.3 Å². The monoisotopic (exact) mass is 289 g/mol. The molecular formula is C17H20FNO2. The molecule has 0 spiro atoms. The molecule has 0 amide bonds. The van der Waals surface area contributed by atoms with Gasteiger partial charge in [0.25, 0.3) is 0 Å². The molecule has 2 aromatic carbocycles. The Balaban J connectivity index is 1.71. The zero-order valence-electron chi connectivity index (χ0n) is 12.1. The van der Waals surface area contributed by atoms with Crippen molar-refractivity contribution in [3.8, 4) is 11.5 Å². The van der Waals surface area contributed by atoms with Gasteiger partial charge in [0.1, 0.15) is 5.75 Å². The molecule has 21 heavy (non-hydrogen) atoms. The highest BCUT2D eigenvalue weighted by atomic mass is 19.1. The fraction of sp³-hybridized carbons (Fsp3) is 0.294. The van der Waals surface area contributed by atoms with Crippen molar-refractivity contribution in [1.82, 2.24) is 0 Å². The van der Waals surface area contributed by atoms with Crippen LogP contribution in [0.3, 0.4) is 0 Å². The third-order valence-corrected chi connectivity index (χ3v) is 3.13. The van der Waals surface area contributed by atoms with E-state index in [9.17, 15) is 4.39 Å². The quantitative estimate of drug-likeness (QED) is 0.794. The summed E-state index contributed by atoms with van der Waals surface area (Å²) in [6.07, 6.45) is 0.687. The van der Waals surface area contributed by atoms with E-state index in [0.29, 0.717) is 37.5 Å². The van der Waals surface area contributed by atoms with Crippen LogP contribution in [0.5, 0.6) is 11.5 Å². The Morgan fingerprint density at radius 1 is 1.00 bits per heavy atom. The van der Waals surface area contributed by atoms with E-state index in [0.717, 1.165) is 11.3 Å². The number of rotatable bonds is 7. The topological polar surface area (TPSA) is 44.5 Å². The Morgan fingerprint density at radius 3 is 2.43 bits per heavy atom. The van der Waals surface area contributed by atoms with Crippen LogP contribution in [-0.2, 0) is 6.54 Å². The van der Waals surface area contributed by atoms with Crippen LogP contribution in [0.1, 0.15) is 17.5 Å². The van der Waals surface area contributed by atoms with Gasteiger partial charge in [-0.25, -0.2) is 4.39 Å². The number of hydrogen-bond donors (Lipinski definition) is 1. The third kappa shape index (κ3) is 4.46. The highest BCUT2D eigenvalue weighted by Crippen LogP contribution is 2.19. The van der Waals surface area contributed by atoms with Gasteiger partial charge in [-0.1, -0.05) is 24.3 Å². The molecule has 3 nitrogen and oxygen atoms in total. The average molecular weight is 289 g/mol. The maximum Gasteiger partial charge on any atom is 0.167 e. The molecule has 0 saturated carbocycles. The minimum absolute atomic E-state index is 0.294. The predicted octanol–water partition coefficient (Wildman–Crippen LogP) is 3.44. The van der Waals surface area contributed by atoms with Crippen molar-refractivity contribution in [3.05, 3.63) is 59.4 Å². The van der Waals surface area contributed by atoms with Gasteiger partial charge in [0, 0.05) is 13.0 Å². The molecule has 2 N–H and O–H groups in total. The predicted molar refractivity (Wildman–Crippen MR) is 81.1 cm³/mol. The van der Waals surface area contributed by atoms with Gasteiger partial charge < -0.3 is 15.2 Å². The van der Waals surface area contributed by atoms with E-state index in [4.69, 9.17) is 15.2 Å². The van der Waals surface area contributed by atoms with Crippen molar-refractivity contribution in [2.24, 2.45) is 5.73 Å². The van der Waals surface area contributed by atoms with Crippen LogP contribution in [-0.4, -0.2) is 13.2 Å². The second-order valence-corrected chi connectivity index (χ2v) is 4.79. The van der Waals surface area contributed by atoms with Crippen molar-refractivity contribution in [2.75, 3.05) is 13.2 Å².